The molecule has 25 heavy (non-hydrogen) atoms. The molecule has 0 saturated heterocycles. The summed E-state index contributed by atoms with van der Waals surface area (Å²) in [7, 11) is 4.40. The number of nitrogens with zero attached hydrogens (tertiary/aromatic N) is 4. The molecule has 3 aromatic rings. The zero-order valence-electron chi connectivity index (χ0n) is 15.3. The minimum atomic E-state index is 0.581. The highest BCUT2D eigenvalue weighted by Crippen LogP contribution is 2.39. The molecular formula is C20H26N4S. The maximum atomic E-state index is 4.74. The molecule has 0 N–H and O–H groups in total. The standard InChI is InChI=1S/C20H26N4S/c1-4-24(15-11-9-14(10-12-15)23(2)3)19-18-16-7-5-6-8-17(16)25-20(18)22-13-21-19/h5-8,13-15H,4,9-12H2,1-3H3/t14-,15-. The Morgan fingerprint density at radius 1 is 1.04 bits per heavy atom. The Morgan fingerprint density at radius 2 is 1.76 bits per heavy atom. The smallest absolute Gasteiger partial charge is 0.141 e. The van der Waals surface area contributed by atoms with E-state index in [4.69, 9.17) is 4.98 Å². The van der Waals surface area contributed by atoms with Gasteiger partial charge in [-0.2, -0.15) is 0 Å². The van der Waals surface area contributed by atoms with Crippen molar-refractivity contribution in [1.29, 1.82) is 0 Å². The second kappa shape index (κ2) is 6.89. The molecule has 4 rings (SSSR count). The predicted molar refractivity (Wildman–Crippen MR) is 108 cm³/mol. The van der Waals surface area contributed by atoms with Gasteiger partial charge in [0.1, 0.15) is 17.0 Å². The molecule has 2 heterocycles. The van der Waals surface area contributed by atoms with E-state index in [1.165, 1.54) is 41.2 Å². The Morgan fingerprint density at radius 3 is 2.48 bits per heavy atom. The van der Waals surface area contributed by atoms with E-state index in [2.05, 4.69) is 60.1 Å². The zero-order valence-corrected chi connectivity index (χ0v) is 16.1. The largest absolute Gasteiger partial charge is 0.353 e. The first-order valence-electron chi connectivity index (χ1n) is 9.24. The molecule has 1 saturated carbocycles. The minimum Gasteiger partial charge on any atom is -0.353 e. The van der Waals surface area contributed by atoms with E-state index in [-0.39, 0.29) is 0 Å². The van der Waals surface area contributed by atoms with Crippen molar-refractivity contribution in [1.82, 2.24) is 14.9 Å². The number of fused-ring (bicyclic) bond motifs is 3. The Bertz CT molecular complexity index is 864. The normalized spacial score (nSPS) is 21.3. The summed E-state index contributed by atoms with van der Waals surface area (Å²) in [6.45, 7) is 3.24. The Hall–Kier alpha value is -1.72. The summed E-state index contributed by atoms with van der Waals surface area (Å²) in [4.78, 5) is 15.3. The van der Waals surface area contributed by atoms with Gasteiger partial charge in [0.15, 0.2) is 0 Å². The van der Waals surface area contributed by atoms with E-state index in [1.807, 2.05) is 0 Å². The van der Waals surface area contributed by atoms with Gasteiger partial charge in [-0.3, -0.25) is 0 Å². The number of rotatable bonds is 4. The van der Waals surface area contributed by atoms with Crippen molar-refractivity contribution in [2.45, 2.75) is 44.7 Å². The van der Waals surface area contributed by atoms with Crippen molar-refractivity contribution < 1.29 is 0 Å². The lowest BCUT2D eigenvalue weighted by Gasteiger charge is -2.39. The fourth-order valence-electron chi connectivity index (χ4n) is 4.23. The van der Waals surface area contributed by atoms with Crippen LogP contribution in [0.25, 0.3) is 20.3 Å². The van der Waals surface area contributed by atoms with Crippen LogP contribution in [0.4, 0.5) is 5.82 Å². The van der Waals surface area contributed by atoms with Gasteiger partial charge < -0.3 is 9.80 Å². The van der Waals surface area contributed by atoms with Crippen LogP contribution in [0.15, 0.2) is 30.6 Å². The van der Waals surface area contributed by atoms with Crippen molar-refractivity contribution in [3.05, 3.63) is 30.6 Å². The average molecular weight is 355 g/mol. The molecule has 0 amide bonds. The fourth-order valence-corrected chi connectivity index (χ4v) is 5.26. The second-order valence-electron chi connectivity index (χ2n) is 7.19. The number of thiophene rings is 1. The monoisotopic (exact) mass is 354 g/mol. The van der Waals surface area contributed by atoms with Gasteiger partial charge in [0.25, 0.3) is 0 Å². The summed E-state index contributed by atoms with van der Waals surface area (Å²) in [5, 5.41) is 2.53. The highest BCUT2D eigenvalue weighted by Gasteiger charge is 2.28. The minimum absolute atomic E-state index is 0.581. The third kappa shape index (κ3) is 3.00. The summed E-state index contributed by atoms with van der Waals surface area (Å²) in [5.74, 6) is 1.12. The molecule has 0 aliphatic heterocycles. The van der Waals surface area contributed by atoms with E-state index in [1.54, 1.807) is 17.7 Å². The Labute approximate surface area is 153 Å². The van der Waals surface area contributed by atoms with Crippen molar-refractivity contribution >= 4 is 37.5 Å². The van der Waals surface area contributed by atoms with Crippen molar-refractivity contribution in [3.63, 3.8) is 0 Å². The van der Waals surface area contributed by atoms with E-state index in [0.717, 1.165) is 23.2 Å². The van der Waals surface area contributed by atoms with Gasteiger partial charge in [-0.05, 0) is 52.8 Å². The lowest BCUT2D eigenvalue weighted by atomic mass is 9.89. The summed E-state index contributed by atoms with van der Waals surface area (Å²) in [5.41, 5.74) is 0. The molecule has 4 nitrogen and oxygen atoms in total. The van der Waals surface area contributed by atoms with Crippen LogP contribution >= 0.6 is 11.3 Å². The molecule has 5 heteroatoms. The van der Waals surface area contributed by atoms with E-state index in [0.29, 0.717) is 6.04 Å². The number of hydrogen-bond donors (Lipinski definition) is 0. The first-order chi connectivity index (χ1) is 12.2. The van der Waals surface area contributed by atoms with Crippen LogP contribution in [0, 0.1) is 0 Å². The number of anilines is 1. The zero-order chi connectivity index (χ0) is 17.4. The van der Waals surface area contributed by atoms with Crippen LogP contribution < -0.4 is 4.90 Å². The SMILES string of the molecule is CCN(c1ncnc2sc3ccccc3c12)[C@H]1CC[C@H](N(C)C)CC1. The topological polar surface area (TPSA) is 32.3 Å². The van der Waals surface area contributed by atoms with Gasteiger partial charge in [-0.1, -0.05) is 18.2 Å². The van der Waals surface area contributed by atoms with Gasteiger partial charge in [0.2, 0.25) is 0 Å². The number of aromatic nitrogens is 2. The average Bonchev–Trinajstić information content (AvgIpc) is 3.02. The third-order valence-corrected chi connectivity index (χ3v) is 6.68. The van der Waals surface area contributed by atoms with Crippen LogP contribution in [0.1, 0.15) is 32.6 Å². The lowest BCUT2D eigenvalue weighted by Crippen LogP contribution is -2.42. The summed E-state index contributed by atoms with van der Waals surface area (Å²) in [6, 6.07) is 9.91. The quantitative estimate of drug-likeness (QED) is 0.688. The number of hydrogen-bond acceptors (Lipinski definition) is 5. The van der Waals surface area contributed by atoms with E-state index >= 15 is 0 Å². The molecular weight excluding hydrogens is 328 g/mol. The van der Waals surface area contributed by atoms with Crippen LogP contribution in [0.3, 0.4) is 0 Å². The lowest BCUT2D eigenvalue weighted by molar-refractivity contribution is 0.214. The van der Waals surface area contributed by atoms with Gasteiger partial charge in [0.05, 0.1) is 5.39 Å². The molecule has 1 aliphatic carbocycles. The van der Waals surface area contributed by atoms with Crippen LogP contribution in [0.5, 0.6) is 0 Å². The number of benzene rings is 1. The van der Waals surface area contributed by atoms with Gasteiger partial charge in [-0.25, -0.2) is 9.97 Å². The van der Waals surface area contributed by atoms with Crippen molar-refractivity contribution in [3.8, 4) is 0 Å². The molecule has 0 spiro atoms. The van der Waals surface area contributed by atoms with E-state index < -0.39 is 0 Å². The van der Waals surface area contributed by atoms with Crippen LogP contribution in [0.2, 0.25) is 0 Å². The van der Waals surface area contributed by atoms with Crippen LogP contribution in [-0.2, 0) is 0 Å². The fraction of sp³-hybridized carbons (Fsp3) is 0.500. The maximum absolute atomic E-state index is 4.74. The predicted octanol–water partition coefficient (Wildman–Crippen LogP) is 4.54. The maximum Gasteiger partial charge on any atom is 0.141 e. The summed E-state index contributed by atoms with van der Waals surface area (Å²) < 4.78 is 1.30. The molecule has 1 aliphatic rings. The third-order valence-electron chi connectivity index (χ3n) is 5.61. The molecule has 0 atom stereocenters. The Kier molecular flexibility index (Phi) is 4.61. The van der Waals surface area contributed by atoms with Crippen molar-refractivity contribution in [2.24, 2.45) is 0 Å². The highest BCUT2D eigenvalue weighted by molar-refractivity contribution is 7.25. The molecule has 0 radical (unpaired) electrons. The molecule has 1 fully saturated rings. The van der Waals surface area contributed by atoms with E-state index in [9.17, 15) is 0 Å². The Balaban J connectivity index is 1.72. The molecule has 0 bridgehead atoms. The molecule has 1 aromatic carbocycles. The first-order valence-corrected chi connectivity index (χ1v) is 10.1. The summed E-state index contributed by atoms with van der Waals surface area (Å²) in [6.07, 6.45) is 6.76. The highest BCUT2D eigenvalue weighted by atomic mass is 32.1. The first kappa shape index (κ1) is 16.7. The van der Waals surface area contributed by atoms with Gasteiger partial charge >= 0.3 is 0 Å². The van der Waals surface area contributed by atoms with Gasteiger partial charge in [-0.15, -0.1) is 11.3 Å². The molecule has 0 unspecified atom stereocenters. The van der Waals surface area contributed by atoms with Gasteiger partial charge in [0, 0.05) is 28.7 Å². The van der Waals surface area contributed by atoms with Crippen LogP contribution in [-0.4, -0.2) is 47.6 Å². The molecule has 132 valence electrons. The molecule has 2 aromatic heterocycles. The van der Waals surface area contributed by atoms with Crippen molar-refractivity contribution in [2.75, 3.05) is 25.5 Å². The summed E-state index contributed by atoms with van der Waals surface area (Å²) >= 11 is 1.77. The second-order valence-corrected chi connectivity index (χ2v) is 8.22.